The maximum Gasteiger partial charge on any atom is 0.410 e. The van der Waals surface area contributed by atoms with E-state index in [0.717, 1.165) is 0 Å². The van der Waals surface area contributed by atoms with Gasteiger partial charge in [0.2, 0.25) is 0 Å². The van der Waals surface area contributed by atoms with Crippen LogP contribution >= 0.6 is 0 Å². The Bertz CT molecular complexity index is 444. The molecule has 8 heteroatoms. The van der Waals surface area contributed by atoms with Crippen LogP contribution in [0, 0.1) is 0 Å². The molecular weight excluding hydrogens is 312 g/mol. The number of ether oxygens (including phenoxy) is 2. The summed E-state index contributed by atoms with van der Waals surface area (Å²) in [6.45, 7) is 8.44. The average Bonchev–Trinajstić information content (AvgIpc) is 2.44. The quantitative estimate of drug-likeness (QED) is 0.400. The van der Waals surface area contributed by atoms with Gasteiger partial charge in [0, 0.05) is 40.8 Å². The number of hydrogen-bond acceptors (Lipinski definition) is 7. The number of nitrogens with zero attached hydrogens (tertiary/aromatic N) is 3. The highest BCUT2D eigenvalue weighted by atomic mass is 16.6. The molecule has 0 aliphatic rings. The first kappa shape index (κ1) is 22.2. The van der Waals surface area contributed by atoms with Crippen molar-refractivity contribution in [3.05, 3.63) is 11.8 Å². The van der Waals surface area contributed by atoms with E-state index >= 15 is 0 Å². The molecule has 0 aliphatic heterocycles. The number of rotatable bonds is 8. The van der Waals surface area contributed by atoms with Crippen LogP contribution in [0.25, 0.3) is 0 Å². The topological polar surface area (TPSA) is 88.3 Å². The van der Waals surface area contributed by atoms with Gasteiger partial charge in [0.1, 0.15) is 11.3 Å². The molecule has 0 spiro atoms. The van der Waals surface area contributed by atoms with Crippen molar-refractivity contribution in [2.45, 2.75) is 33.3 Å². The van der Waals surface area contributed by atoms with Crippen LogP contribution in [-0.2, 0) is 14.3 Å². The molecule has 140 valence electrons. The van der Waals surface area contributed by atoms with E-state index in [0.29, 0.717) is 18.8 Å². The monoisotopic (exact) mass is 344 g/mol. The number of amides is 1. The van der Waals surface area contributed by atoms with Crippen LogP contribution in [0.3, 0.4) is 0 Å². The lowest BCUT2D eigenvalue weighted by Gasteiger charge is -2.32. The second kappa shape index (κ2) is 10.1. The van der Waals surface area contributed by atoms with Crippen molar-refractivity contribution in [3.8, 4) is 0 Å². The van der Waals surface area contributed by atoms with Gasteiger partial charge < -0.3 is 20.1 Å². The highest BCUT2D eigenvalue weighted by Crippen LogP contribution is 2.11. The third-order valence-electron chi connectivity index (χ3n) is 2.85. The van der Waals surface area contributed by atoms with Crippen molar-refractivity contribution in [1.82, 2.24) is 14.9 Å². The summed E-state index contributed by atoms with van der Waals surface area (Å²) in [7, 11) is 5.22. The zero-order valence-corrected chi connectivity index (χ0v) is 16.0. The molecule has 0 rings (SSSR count). The third kappa shape index (κ3) is 8.16. The summed E-state index contributed by atoms with van der Waals surface area (Å²) < 4.78 is 10.4. The van der Waals surface area contributed by atoms with E-state index in [1.807, 2.05) is 0 Å². The minimum atomic E-state index is -0.575. The molecule has 2 N–H and O–H groups in total. The number of esters is 1. The molecule has 0 atom stereocenters. The Labute approximate surface area is 145 Å². The summed E-state index contributed by atoms with van der Waals surface area (Å²) in [6, 6.07) is 0. The normalized spacial score (nSPS) is 12.1. The lowest BCUT2D eigenvalue weighted by Crippen LogP contribution is -2.43. The highest BCUT2D eigenvalue weighted by molar-refractivity contribution is 5.87. The third-order valence-corrected chi connectivity index (χ3v) is 2.85. The Balaban J connectivity index is 5.23. The second-order valence-electron chi connectivity index (χ2n) is 6.43. The van der Waals surface area contributed by atoms with Crippen molar-refractivity contribution in [2.24, 2.45) is 5.73 Å². The molecule has 8 nitrogen and oxygen atoms in total. The fourth-order valence-electron chi connectivity index (χ4n) is 1.80. The number of carbonyl (C=O) groups excluding carboxylic acids is 2. The molecule has 0 saturated carbocycles. The largest absolute Gasteiger partial charge is 0.461 e. The Hall–Kier alpha value is -1.80. The van der Waals surface area contributed by atoms with E-state index in [-0.39, 0.29) is 13.2 Å². The smallest absolute Gasteiger partial charge is 0.410 e. The van der Waals surface area contributed by atoms with Gasteiger partial charge >= 0.3 is 12.1 Å². The van der Waals surface area contributed by atoms with E-state index in [1.165, 1.54) is 4.90 Å². The zero-order valence-electron chi connectivity index (χ0n) is 16.0. The minimum absolute atomic E-state index is 0.206. The SMILES string of the molecule is CCOC(=O)/C(=C\CN(C)C(=O)OC(C)(C)C)N(CCN)N(C)C. The van der Waals surface area contributed by atoms with Crippen molar-refractivity contribution >= 4 is 12.1 Å². The van der Waals surface area contributed by atoms with E-state index in [9.17, 15) is 9.59 Å². The van der Waals surface area contributed by atoms with Crippen LogP contribution < -0.4 is 5.73 Å². The first-order valence-electron chi connectivity index (χ1n) is 7.99. The van der Waals surface area contributed by atoms with Crippen molar-refractivity contribution in [1.29, 1.82) is 0 Å². The Morgan fingerprint density at radius 2 is 1.75 bits per heavy atom. The van der Waals surface area contributed by atoms with E-state index < -0.39 is 17.7 Å². The van der Waals surface area contributed by atoms with E-state index in [4.69, 9.17) is 15.2 Å². The zero-order chi connectivity index (χ0) is 18.9. The van der Waals surface area contributed by atoms with Crippen molar-refractivity contribution < 1.29 is 19.1 Å². The van der Waals surface area contributed by atoms with Gasteiger partial charge in [-0.25, -0.2) is 14.6 Å². The lowest BCUT2D eigenvalue weighted by molar-refractivity contribution is -0.142. The van der Waals surface area contributed by atoms with Gasteiger partial charge in [-0.15, -0.1) is 0 Å². The molecule has 0 unspecified atom stereocenters. The van der Waals surface area contributed by atoms with Gasteiger partial charge in [-0.3, -0.25) is 5.01 Å². The summed E-state index contributed by atoms with van der Waals surface area (Å²) in [5.41, 5.74) is 5.38. The van der Waals surface area contributed by atoms with Crippen LogP contribution in [0.15, 0.2) is 11.8 Å². The van der Waals surface area contributed by atoms with Gasteiger partial charge in [-0.1, -0.05) is 0 Å². The molecule has 0 heterocycles. The molecule has 0 fully saturated rings. The van der Waals surface area contributed by atoms with Gasteiger partial charge in [-0.05, 0) is 33.8 Å². The van der Waals surface area contributed by atoms with Crippen LogP contribution in [0.4, 0.5) is 4.79 Å². The number of carbonyl (C=O) groups is 2. The molecule has 1 amide bonds. The molecule has 0 aromatic rings. The Morgan fingerprint density at radius 1 is 1.17 bits per heavy atom. The molecule has 0 saturated heterocycles. The van der Waals surface area contributed by atoms with Crippen LogP contribution in [-0.4, -0.2) is 80.0 Å². The molecule has 0 aromatic carbocycles. The predicted octanol–water partition coefficient (Wildman–Crippen LogP) is 1.04. The fourth-order valence-corrected chi connectivity index (χ4v) is 1.80. The molecule has 24 heavy (non-hydrogen) atoms. The number of hydrazine groups is 1. The van der Waals surface area contributed by atoms with E-state index in [2.05, 4.69) is 0 Å². The first-order chi connectivity index (χ1) is 11.0. The van der Waals surface area contributed by atoms with Crippen molar-refractivity contribution in [3.63, 3.8) is 0 Å². The molecule has 0 radical (unpaired) electrons. The molecule has 0 aliphatic carbocycles. The maximum atomic E-state index is 12.2. The number of likely N-dealkylation sites (N-methyl/N-ethyl adjacent to an activating group) is 1. The summed E-state index contributed by atoms with van der Waals surface area (Å²) in [6.07, 6.45) is 1.18. The highest BCUT2D eigenvalue weighted by Gasteiger charge is 2.22. The van der Waals surface area contributed by atoms with Gasteiger partial charge in [0.05, 0.1) is 6.61 Å². The van der Waals surface area contributed by atoms with Crippen LogP contribution in [0.5, 0.6) is 0 Å². The summed E-state index contributed by atoms with van der Waals surface area (Å²) in [5, 5.41) is 3.46. The fraction of sp³-hybridized carbons (Fsp3) is 0.750. The van der Waals surface area contributed by atoms with Gasteiger partial charge in [0.25, 0.3) is 0 Å². The van der Waals surface area contributed by atoms with Gasteiger partial charge in [-0.2, -0.15) is 0 Å². The molecule has 0 bridgehead atoms. The molecule has 0 aromatic heterocycles. The number of nitrogens with two attached hydrogens (primary N) is 1. The van der Waals surface area contributed by atoms with Crippen LogP contribution in [0.2, 0.25) is 0 Å². The maximum absolute atomic E-state index is 12.2. The Morgan fingerprint density at radius 3 is 2.17 bits per heavy atom. The van der Waals surface area contributed by atoms with E-state index in [1.54, 1.807) is 64.9 Å². The summed E-state index contributed by atoms with van der Waals surface area (Å²) in [4.78, 5) is 25.6. The first-order valence-corrected chi connectivity index (χ1v) is 7.99. The Kier molecular flexibility index (Phi) is 9.38. The van der Waals surface area contributed by atoms with Crippen LogP contribution in [0.1, 0.15) is 27.7 Å². The standard InChI is InChI=1S/C16H32N4O4/c1-8-23-14(21)13(20(12-10-17)18(5)6)9-11-19(7)15(22)24-16(2,3)4/h9H,8,10-12,17H2,1-7H3/b13-9+. The predicted molar refractivity (Wildman–Crippen MR) is 93.0 cm³/mol. The average molecular weight is 344 g/mol. The number of hydrogen-bond donors (Lipinski definition) is 1. The summed E-state index contributed by atoms with van der Waals surface area (Å²) in [5.74, 6) is -0.461. The molecular formula is C16H32N4O4. The minimum Gasteiger partial charge on any atom is -0.461 e. The lowest BCUT2D eigenvalue weighted by atomic mass is 10.2. The summed E-state index contributed by atoms with van der Waals surface area (Å²) >= 11 is 0. The second-order valence-corrected chi connectivity index (χ2v) is 6.43. The van der Waals surface area contributed by atoms with Gasteiger partial charge in [0.15, 0.2) is 0 Å². The van der Waals surface area contributed by atoms with Crippen molar-refractivity contribution in [2.75, 3.05) is 47.4 Å².